The summed E-state index contributed by atoms with van der Waals surface area (Å²) in [6.45, 7) is -0.314. The predicted octanol–water partition coefficient (Wildman–Crippen LogP) is 5.90. The molecule has 0 aliphatic carbocycles. The molecule has 0 heterocycles. The number of amides is 1. The van der Waals surface area contributed by atoms with Crippen molar-refractivity contribution in [2.24, 2.45) is 5.16 Å². The van der Waals surface area contributed by atoms with Gasteiger partial charge in [-0.1, -0.05) is 78.0 Å². The van der Waals surface area contributed by atoms with Crippen molar-refractivity contribution in [1.82, 2.24) is 0 Å². The summed E-state index contributed by atoms with van der Waals surface area (Å²) in [4.78, 5) is 20.5. The number of benzene rings is 4. The molecule has 5 nitrogen and oxygen atoms in total. The summed E-state index contributed by atoms with van der Waals surface area (Å²) < 4.78 is 13.7. The molecule has 1 amide bonds. The number of oxime groups is 1. The van der Waals surface area contributed by atoms with E-state index in [1.807, 2.05) is 60.7 Å². The average Bonchev–Trinajstić information content (AvgIpc) is 2.89. The second kappa shape index (κ2) is 11.6. The Balaban J connectivity index is 1.62. The smallest absolute Gasteiger partial charge is 0.268 e. The summed E-state index contributed by atoms with van der Waals surface area (Å²) in [6, 6.07) is 31.6. The normalized spacial score (nSPS) is 11.8. The Morgan fingerprint density at radius 1 is 0.886 bits per heavy atom. The molecular weight excluding hydrogens is 443 g/mol. The van der Waals surface area contributed by atoms with Gasteiger partial charge in [0.05, 0.1) is 12.3 Å². The highest BCUT2D eigenvalue weighted by Crippen LogP contribution is 2.31. The number of carbonyl (C=O) groups excluding carboxylic acids is 1. The summed E-state index contributed by atoms with van der Waals surface area (Å²) in [5, 5.41) is 13.7. The van der Waals surface area contributed by atoms with Crippen molar-refractivity contribution in [2.75, 3.05) is 11.5 Å². The van der Waals surface area contributed by atoms with Crippen LogP contribution < -0.4 is 4.90 Å². The molecule has 0 aliphatic rings. The quantitative estimate of drug-likeness (QED) is 0.246. The van der Waals surface area contributed by atoms with Crippen molar-refractivity contribution in [2.45, 2.75) is 12.5 Å². The van der Waals surface area contributed by atoms with Crippen LogP contribution in [-0.2, 0) is 16.1 Å². The third kappa shape index (κ3) is 6.32. The largest absolute Gasteiger partial charge is 0.507 e. The molecule has 4 aromatic carbocycles. The highest BCUT2D eigenvalue weighted by atomic mass is 19.1. The van der Waals surface area contributed by atoms with Crippen LogP contribution in [0.1, 0.15) is 22.7 Å². The lowest BCUT2D eigenvalue weighted by Gasteiger charge is -2.32. The van der Waals surface area contributed by atoms with Crippen LogP contribution in [0.4, 0.5) is 10.1 Å². The number of nitrogens with zero attached hydrogens (tertiary/aromatic N) is 2. The number of hydrogen-bond donors (Lipinski definition) is 1. The summed E-state index contributed by atoms with van der Waals surface area (Å²) in [7, 11) is 0. The van der Waals surface area contributed by atoms with Crippen molar-refractivity contribution >= 4 is 17.8 Å². The zero-order valence-corrected chi connectivity index (χ0v) is 19.0. The Labute approximate surface area is 203 Å². The summed E-state index contributed by atoms with van der Waals surface area (Å²) in [5.74, 6) is -0.584. The van der Waals surface area contributed by atoms with Crippen LogP contribution in [0.3, 0.4) is 0 Å². The molecule has 6 heteroatoms. The van der Waals surface area contributed by atoms with Crippen LogP contribution in [0.25, 0.3) is 0 Å². The van der Waals surface area contributed by atoms with Gasteiger partial charge in [-0.15, -0.1) is 0 Å². The van der Waals surface area contributed by atoms with Crippen LogP contribution >= 0.6 is 0 Å². The number of phenols is 1. The molecule has 0 radical (unpaired) electrons. The standard InChI is InChI=1S/C29H25FN2O3/c30-25-17-15-23(16-18-25)27(19-22-9-3-1-4-10-22)32(26-12-5-2-6-13-26)29(34)21-35-31-20-24-11-7-8-14-28(24)33/h1-18,20,27,33H,19,21H2/b31-20-. The SMILES string of the molecule is O=C(CO/N=C\c1ccccc1O)N(c1ccccc1)C(Cc1ccccc1)c1ccc(F)cc1. The Morgan fingerprint density at radius 3 is 2.20 bits per heavy atom. The third-order valence-electron chi connectivity index (χ3n) is 5.53. The molecule has 0 aromatic heterocycles. The van der Waals surface area contributed by atoms with Gasteiger partial charge in [-0.3, -0.25) is 4.79 Å². The predicted molar refractivity (Wildman–Crippen MR) is 135 cm³/mol. The van der Waals surface area contributed by atoms with Gasteiger partial charge in [-0.05, 0) is 53.9 Å². The van der Waals surface area contributed by atoms with Gasteiger partial charge in [0.15, 0.2) is 6.61 Å². The first-order valence-corrected chi connectivity index (χ1v) is 11.2. The number of anilines is 1. The van der Waals surface area contributed by atoms with E-state index in [0.29, 0.717) is 17.7 Å². The fraction of sp³-hybridized carbons (Fsp3) is 0.103. The average molecular weight is 469 g/mol. The van der Waals surface area contributed by atoms with E-state index in [0.717, 1.165) is 11.1 Å². The molecule has 1 atom stereocenters. The lowest BCUT2D eigenvalue weighted by Crippen LogP contribution is -2.38. The first-order chi connectivity index (χ1) is 17.1. The lowest BCUT2D eigenvalue weighted by molar-refractivity contribution is -0.123. The van der Waals surface area contributed by atoms with Crippen molar-refractivity contribution in [3.63, 3.8) is 0 Å². The topological polar surface area (TPSA) is 62.1 Å². The number of hydrogen-bond acceptors (Lipinski definition) is 4. The van der Waals surface area contributed by atoms with Gasteiger partial charge in [0.2, 0.25) is 0 Å². The van der Waals surface area contributed by atoms with Gasteiger partial charge in [0, 0.05) is 11.3 Å². The molecule has 0 fully saturated rings. The zero-order valence-electron chi connectivity index (χ0n) is 19.0. The van der Waals surface area contributed by atoms with Crippen molar-refractivity contribution in [1.29, 1.82) is 0 Å². The highest BCUT2D eigenvalue weighted by Gasteiger charge is 2.27. The van der Waals surface area contributed by atoms with Crippen LogP contribution in [-0.4, -0.2) is 23.8 Å². The summed E-state index contributed by atoms with van der Waals surface area (Å²) in [5.41, 5.74) is 3.00. The lowest BCUT2D eigenvalue weighted by atomic mass is 9.96. The van der Waals surface area contributed by atoms with Crippen LogP contribution in [0.15, 0.2) is 114 Å². The monoisotopic (exact) mass is 468 g/mol. The van der Waals surface area contributed by atoms with Crippen molar-refractivity contribution < 1.29 is 19.1 Å². The molecule has 176 valence electrons. The Morgan fingerprint density at radius 2 is 1.51 bits per heavy atom. The number of halogens is 1. The first-order valence-electron chi connectivity index (χ1n) is 11.2. The van der Waals surface area contributed by atoms with Crippen LogP contribution in [0.5, 0.6) is 5.75 Å². The molecule has 0 aliphatic heterocycles. The number of carbonyl (C=O) groups is 1. The Kier molecular flexibility index (Phi) is 7.86. The molecular formula is C29H25FN2O3. The van der Waals surface area contributed by atoms with E-state index in [9.17, 15) is 14.3 Å². The van der Waals surface area contributed by atoms with Gasteiger partial charge in [0.1, 0.15) is 11.6 Å². The van der Waals surface area contributed by atoms with Crippen molar-refractivity contribution in [3.05, 3.63) is 132 Å². The fourth-order valence-corrected chi connectivity index (χ4v) is 3.82. The fourth-order valence-electron chi connectivity index (χ4n) is 3.82. The molecule has 1 N–H and O–H groups in total. The number of para-hydroxylation sites is 2. The molecule has 4 aromatic rings. The Bertz CT molecular complexity index is 1260. The molecule has 35 heavy (non-hydrogen) atoms. The van der Waals surface area contributed by atoms with Crippen LogP contribution in [0.2, 0.25) is 0 Å². The second-order valence-corrected chi connectivity index (χ2v) is 7.92. The number of rotatable bonds is 9. The molecule has 4 rings (SSSR count). The van der Waals surface area contributed by atoms with E-state index in [-0.39, 0.29) is 24.1 Å². The molecule has 0 spiro atoms. The van der Waals surface area contributed by atoms with Gasteiger partial charge >= 0.3 is 0 Å². The maximum Gasteiger partial charge on any atom is 0.268 e. The minimum Gasteiger partial charge on any atom is -0.507 e. The highest BCUT2D eigenvalue weighted by molar-refractivity contribution is 5.95. The Hall–Kier alpha value is -4.45. The van der Waals surface area contributed by atoms with E-state index in [4.69, 9.17) is 4.84 Å². The third-order valence-corrected chi connectivity index (χ3v) is 5.53. The molecule has 0 saturated carbocycles. The van der Waals surface area contributed by atoms with E-state index in [2.05, 4.69) is 5.16 Å². The van der Waals surface area contributed by atoms with E-state index in [1.165, 1.54) is 18.3 Å². The van der Waals surface area contributed by atoms with E-state index in [1.54, 1.807) is 41.3 Å². The minimum absolute atomic E-state index is 0.0660. The van der Waals surface area contributed by atoms with E-state index >= 15 is 0 Å². The number of aromatic hydroxyl groups is 1. The maximum atomic E-state index is 13.7. The van der Waals surface area contributed by atoms with Gasteiger partial charge < -0.3 is 14.8 Å². The first kappa shape index (κ1) is 23.7. The second-order valence-electron chi connectivity index (χ2n) is 7.92. The molecule has 0 saturated heterocycles. The molecule has 1 unspecified atom stereocenters. The summed E-state index contributed by atoms with van der Waals surface area (Å²) >= 11 is 0. The molecule has 0 bridgehead atoms. The summed E-state index contributed by atoms with van der Waals surface area (Å²) in [6.07, 6.45) is 1.88. The number of phenolic OH excluding ortho intramolecular Hbond substituents is 1. The van der Waals surface area contributed by atoms with E-state index < -0.39 is 6.04 Å². The van der Waals surface area contributed by atoms with Gasteiger partial charge in [0.25, 0.3) is 5.91 Å². The van der Waals surface area contributed by atoms with Crippen molar-refractivity contribution in [3.8, 4) is 5.75 Å². The zero-order chi connectivity index (χ0) is 24.5. The van der Waals surface area contributed by atoms with Gasteiger partial charge in [-0.25, -0.2) is 4.39 Å². The maximum absolute atomic E-state index is 13.7. The van der Waals surface area contributed by atoms with Gasteiger partial charge in [-0.2, -0.15) is 0 Å². The minimum atomic E-state index is -0.404. The van der Waals surface area contributed by atoms with Crippen LogP contribution in [0, 0.1) is 5.82 Å².